The molecule has 0 aromatic heterocycles. The van der Waals surface area contributed by atoms with Gasteiger partial charge in [0.2, 0.25) is 0 Å². The first kappa shape index (κ1) is 14.2. The van der Waals surface area contributed by atoms with Crippen LogP contribution in [0, 0.1) is 0 Å². The molecule has 4 heteroatoms. The van der Waals surface area contributed by atoms with Crippen molar-refractivity contribution in [2.75, 3.05) is 19.6 Å². The molecule has 1 saturated carbocycles. The number of carbonyl (C=O) groups excluding carboxylic acids is 1. The summed E-state index contributed by atoms with van der Waals surface area (Å²) in [4.78, 5) is 13.8. The average molecular weight is 281 g/mol. The van der Waals surface area contributed by atoms with Crippen LogP contribution in [0.25, 0.3) is 0 Å². The van der Waals surface area contributed by atoms with E-state index in [9.17, 15) is 4.79 Å². The number of benzene rings is 1. The third-order valence-corrected chi connectivity index (χ3v) is 4.19. The summed E-state index contributed by atoms with van der Waals surface area (Å²) in [7, 11) is 0. The third-order valence-electron chi connectivity index (χ3n) is 3.94. The van der Waals surface area contributed by atoms with Gasteiger partial charge in [-0.15, -0.1) is 0 Å². The van der Waals surface area contributed by atoms with Gasteiger partial charge in [-0.05, 0) is 44.4 Å². The molecule has 0 atom stereocenters. The highest BCUT2D eigenvalue weighted by Gasteiger charge is 2.44. The van der Waals surface area contributed by atoms with Gasteiger partial charge in [0.25, 0.3) is 0 Å². The lowest BCUT2D eigenvalue weighted by Crippen LogP contribution is -2.42. The van der Waals surface area contributed by atoms with Crippen molar-refractivity contribution < 1.29 is 4.79 Å². The minimum atomic E-state index is 0.0326. The first-order chi connectivity index (χ1) is 9.11. The van der Waals surface area contributed by atoms with Crippen molar-refractivity contribution in [3.8, 4) is 0 Å². The number of amides is 2. The van der Waals surface area contributed by atoms with Crippen molar-refractivity contribution >= 4 is 17.6 Å². The Kier molecular flexibility index (Phi) is 4.35. The Morgan fingerprint density at radius 3 is 2.32 bits per heavy atom. The predicted octanol–water partition coefficient (Wildman–Crippen LogP) is 3.42. The van der Waals surface area contributed by atoms with Gasteiger partial charge in [-0.3, -0.25) is 0 Å². The minimum absolute atomic E-state index is 0.0326. The van der Waals surface area contributed by atoms with Crippen LogP contribution in [0.2, 0.25) is 5.02 Å². The lowest BCUT2D eigenvalue weighted by atomic mass is 9.96. The monoisotopic (exact) mass is 280 g/mol. The third kappa shape index (κ3) is 3.21. The van der Waals surface area contributed by atoms with Gasteiger partial charge in [0, 0.05) is 30.1 Å². The lowest BCUT2D eigenvalue weighted by Gasteiger charge is -2.22. The number of halogens is 1. The molecular weight excluding hydrogens is 260 g/mol. The van der Waals surface area contributed by atoms with Gasteiger partial charge in [0.1, 0.15) is 0 Å². The first-order valence-electron chi connectivity index (χ1n) is 6.90. The van der Waals surface area contributed by atoms with E-state index in [1.54, 1.807) is 4.90 Å². The van der Waals surface area contributed by atoms with Crippen molar-refractivity contribution in [3.05, 3.63) is 34.9 Å². The summed E-state index contributed by atoms with van der Waals surface area (Å²) in [5.41, 5.74) is 1.41. The van der Waals surface area contributed by atoms with Crippen molar-refractivity contribution in [1.29, 1.82) is 0 Å². The minimum Gasteiger partial charge on any atom is -0.337 e. The number of rotatable bonds is 5. The molecule has 0 radical (unpaired) electrons. The fourth-order valence-corrected chi connectivity index (χ4v) is 2.52. The van der Waals surface area contributed by atoms with E-state index >= 15 is 0 Å². The summed E-state index contributed by atoms with van der Waals surface area (Å²) >= 11 is 5.91. The molecule has 1 N–H and O–H groups in total. The van der Waals surface area contributed by atoms with Gasteiger partial charge < -0.3 is 10.2 Å². The summed E-state index contributed by atoms with van der Waals surface area (Å²) in [5.74, 6) is 0. The van der Waals surface area contributed by atoms with E-state index in [-0.39, 0.29) is 11.4 Å². The molecule has 1 aromatic carbocycles. The normalized spacial score (nSPS) is 15.9. The molecule has 104 valence electrons. The fraction of sp³-hybridized carbons (Fsp3) is 0.533. The standard InChI is InChI=1S/C15H21ClN2O/c1-3-18(4-2)14(19)17-11-15(9-10-15)12-5-7-13(16)8-6-12/h5-8H,3-4,9-11H2,1-2H3,(H,17,19). The highest BCUT2D eigenvalue weighted by atomic mass is 35.5. The van der Waals surface area contributed by atoms with Gasteiger partial charge in [-0.2, -0.15) is 0 Å². The van der Waals surface area contributed by atoms with Gasteiger partial charge in [-0.1, -0.05) is 23.7 Å². The van der Waals surface area contributed by atoms with Gasteiger partial charge in [-0.25, -0.2) is 4.79 Å². The van der Waals surface area contributed by atoms with E-state index in [1.165, 1.54) is 5.56 Å². The van der Waals surface area contributed by atoms with Gasteiger partial charge in [0.15, 0.2) is 0 Å². The van der Waals surface area contributed by atoms with Crippen molar-refractivity contribution in [1.82, 2.24) is 10.2 Å². The summed E-state index contributed by atoms with van der Waals surface area (Å²) in [6.45, 7) is 6.20. The van der Waals surface area contributed by atoms with Crippen LogP contribution < -0.4 is 5.32 Å². The largest absolute Gasteiger partial charge is 0.337 e. The second-order valence-corrected chi connectivity index (χ2v) is 5.55. The maximum Gasteiger partial charge on any atom is 0.317 e. The molecule has 1 aliphatic carbocycles. The van der Waals surface area contributed by atoms with E-state index in [1.807, 2.05) is 26.0 Å². The topological polar surface area (TPSA) is 32.3 Å². The van der Waals surface area contributed by atoms with Crippen LogP contribution >= 0.6 is 11.6 Å². The molecule has 0 saturated heterocycles. The Bertz CT molecular complexity index is 436. The number of nitrogens with one attached hydrogen (secondary N) is 1. The van der Waals surface area contributed by atoms with Crippen LogP contribution in [0.5, 0.6) is 0 Å². The second kappa shape index (κ2) is 5.83. The van der Waals surface area contributed by atoms with Crippen LogP contribution in [-0.4, -0.2) is 30.6 Å². The van der Waals surface area contributed by atoms with Crippen LogP contribution in [0.4, 0.5) is 4.79 Å². The maximum atomic E-state index is 12.0. The molecule has 2 amide bonds. The fourth-order valence-electron chi connectivity index (χ4n) is 2.39. The predicted molar refractivity (Wildman–Crippen MR) is 78.7 cm³/mol. The van der Waals surface area contributed by atoms with Crippen LogP contribution in [-0.2, 0) is 5.41 Å². The number of carbonyl (C=O) groups is 1. The summed E-state index contributed by atoms with van der Waals surface area (Å²) in [5, 5.41) is 3.81. The summed E-state index contributed by atoms with van der Waals surface area (Å²) in [6.07, 6.45) is 2.26. The molecular formula is C15H21ClN2O. The summed E-state index contributed by atoms with van der Waals surface area (Å²) in [6, 6.07) is 8.01. The smallest absolute Gasteiger partial charge is 0.317 e. The van der Waals surface area contributed by atoms with E-state index in [0.29, 0.717) is 6.54 Å². The van der Waals surface area contributed by atoms with Crippen LogP contribution in [0.1, 0.15) is 32.3 Å². The molecule has 0 bridgehead atoms. The average Bonchev–Trinajstić information content (AvgIpc) is 3.20. The summed E-state index contributed by atoms with van der Waals surface area (Å²) < 4.78 is 0. The molecule has 1 aliphatic rings. The SMILES string of the molecule is CCN(CC)C(=O)NCC1(c2ccc(Cl)cc2)CC1. The van der Waals surface area contributed by atoms with E-state index < -0.39 is 0 Å². The Morgan fingerprint density at radius 2 is 1.84 bits per heavy atom. The molecule has 0 spiro atoms. The molecule has 2 rings (SSSR count). The molecule has 0 aliphatic heterocycles. The zero-order valence-corrected chi connectivity index (χ0v) is 12.3. The Morgan fingerprint density at radius 1 is 1.26 bits per heavy atom. The van der Waals surface area contributed by atoms with Crippen molar-refractivity contribution in [3.63, 3.8) is 0 Å². The molecule has 0 unspecified atom stereocenters. The maximum absolute atomic E-state index is 12.0. The van der Waals surface area contributed by atoms with Gasteiger partial charge in [0.05, 0.1) is 0 Å². The number of urea groups is 1. The van der Waals surface area contributed by atoms with E-state index in [2.05, 4.69) is 17.4 Å². The zero-order valence-electron chi connectivity index (χ0n) is 11.6. The van der Waals surface area contributed by atoms with Crippen molar-refractivity contribution in [2.24, 2.45) is 0 Å². The zero-order chi connectivity index (χ0) is 13.9. The second-order valence-electron chi connectivity index (χ2n) is 5.12. The number of hydrogen-bond acceptors (Lipinski definition) is 1. The van der Waals surface area contributed by atoms with Crippen molar-refractivity contribution in [2.45, 2.75) is 32.1 Å². The Balaban J connectivity index is 1.95. The molecule has 0 heterocycles. The van der Waals surface area contributed by atoms with Crippen LogP contribution in [0.15, 0.2) is 24.3 Å². The molecule has 3 nitrogen and oxygen atoms in total. The lowest BCUT2D eigenvalue weighted by molar-refractivity contribution is 0.202. The quantitative estimate of drug-likeness (QED) is 0.881. The van der Waals surface area contributed by atoms with E-state index in [0.717, 1.165) is 31.0 Å². The van der Waals surface area contributed by atoms with Gasteiger partial charge >= 0.3 is 6.03 Å². The van der Waals surface area contributed by atoms with E-state index in [4.69, 9.17) is 11.6 Å². The molecule has 1 fully saturated rings. The number of hydrogen-bond donors (Lipinski definition) is 1. The molecule has 1 aromatic rings. The Hall–Kier alpha value is -1.22. The Labute approximate surface area is 119 Å². The number of nitrogens with zero attached hydrogens (tertiary/aromatic N) is 1. The van der Waals surface area contributed by atoms with Crippen LogP contribution in [0.3, 0.4) is 0 Å². The molecule has 19 heavy (non-hydrogen) atoms. The highest BCUT2D eigenvalue weighted by molar-refractivity contribution is 6.30. The highest BCUT2D eigenvalue weighted by Crippen LogP contribution is 2.47. The first-order valence-corrected chi connectivity index (χ1v) is 7.28.